The van der Waals surface area contributed by atoms with E-state index in [1.54, 1.807) is 0 Å². The number of rotatable bonds is 4. The first kappa shape index (κ1) is 22.7. The highest BCUT2D eigenvalue weighted by atomic mass is 35.5. The van der Waals surface area contributed by atoms with Crippen LogP contribution in [0.15, 0.2) is 97.6 Å². The second kappa shape index (κ2) is 9.42. The van der Waals surface area contributed by atoms with E-state index in [-0.39, 0.29) is 36.0 Å². The largest absolute Gasteiger partial charge is 0.289 e. The van der Waals surface area contributed by atoms with E-state index < -0.39 is 0 Å². The molecule has 1 aliphatic rings. The first-order chi connectivity index (χ1) is 14.3. The average molecular weight is 449 g/mol. The Morgan fingerprint density at radius 2 is 0.968 bits per heavy atom. The number of pyridine rings is 2. The molecule has 0 bridgehead atoms. The van der Waals surface area contributed by atoms with Gasteiger partial charge in [-0.2, -0.15) is 0 Å². The fourth-order valence-corrected chi connectivity index (χ4v) is 4.63. The van der Waals surface area contributed by atoms with E-state index in [1.807, 2.05) is 61.2 Å². The van der Waals surface area contributed by atoms with E-state index in [1.165, 1.54) is 11.1 Å². The Kier molecular flexibility index (Phi) is 6.89. The van der Waals surface area contributed by atoms with Gasteiger partial charge >= 0.3 is 0 Å². The number of carbonyl (C=O) groups excluding carboxylic acids is 1. The fourth-order valence-electron chi connectivity index (χ4n) is 4.63. The van der Waals surface area contributed by atoms with Crippen LogP contribution in [-0.4, -0.2) is 15.8 Å². The lowest BCUT2D eigenvalue weighted by atomic mass is 9.61. The maximum atomic E-state index is 13.3. The van der Waals surface area contributed by atoms with Gasteiger partial charge in [0, 0.05) is 41.3 Å². The van der Waals surface area contributed by atoms with Crippen molar-refractivity contribution in [2.75, 3.05) is 0 Å². The van der Waals surface area contributed by atoms with Crippen molar-refractivity contribution in [1.82, 2.24) is 9.97 Å². The zero-order valence-electron chi connectivity index (χ0n) is 16.8. The molecule has 156 valence electrons. The van der Waals surface area contributed by atoms with E-state index in [0.717, 1.165) is 35.1 Å². The van der Waals surface area contributed by atoms with Gasteiger partial charge in [0.1, 0.15) is 0 Å². The molecule has 0 atom stereocenters. The van der Waals surface area contributed by atoms with Crippen LogP contribution in [0.2, 0.25) is 0 Å². The minimum atomic E-state index is -0.343. The van der Waals surface area contributed by atoms with Gasteiger partial charge < -0.3 is 0 Å². The summed E-state index contributed by atoms with van der Waals surface area (Å²) in [5.74, 6) is 0.108. The van der Waals surface area contributed by atoms with Crippen LogP contribution in [0.3, 0.4) is 0 Å². The first-order valence-electron chi connectivity index (χ1n) is 9.79. The molecule has 5 heteroatoms. The molecule has 0 unspecified atom stereocenters. The Hall–Kier alpha value is -3.01. The van der Waals surface area contributed by atoms with Crippen LogP contribution >= 0.6 is 24.8 Å². The molecular weight excluding hydrogens is 427 g/mol. The van der Waals surface area contributed by atoms with Crippen molar-refractivity contribution in [2.45, 2.75) is 18.3 Å². The summed E-state index contributed by atoms with van der Waals surface area (Å²) in [7, 11) is 0. The number of aromatic nitrogens is 2. The molecule has 5 rings (SSSR count). The van der Waals surface area contributed by atoms with Crippen molar-refractivity contribution in [3.05, 3.63) is 131 Å². The third-order valence-corrected chi connectivity index (χ3v) is 5.89. The predicted octanol–water partition coefficient (Wildman–Crippen LogP) is 5.64. The second-order valence-corrected chi connectivity index (χ2v) is 7.57. The smallest absolute Gasteiger partial charge is 0.193 e. The van der Waals surface area contributed by atoms with Crippen molar-refractivity contribution in [3.63, 3.8) is 0 Å². The van der Waals surface area contributed by atoms with E-state index in [2.05, 4.69) is 46.4 Å². The SMILES string of the molecule is Cl.Cl.O=C1c2ccccc2C(Cc2ccncc2)(Cc2ccncc2)c2ccccc21. The highest BCUT2D eigenvalue weighted by Gasteiger charge is 2.43. The van der Waals surface area contributed by atoms with Crippen molar-refractivity contribution < 1.29 is 4.79 Å². The number of hydrogen-bond acceptors (Lipinski definition) is 3. The Morgan fingerprint density at radius 3 is 1.39 bits per heavy atom. The van der Waals surface area contributed by atoms with Gasteiger partial charge in [-0.25, -0.2) is 0 Å². The maximum absolute atomic E-state index is 13.3. The summed E-state index contributed by atoms with van der Waals surface area (Å²) < 4.78 is 0. The zero-order valence-corrected chi connectivity index (χ0v) is 18.4. The first-order valence-corrected chi connectivity index (χ1v) is 9.79. The number of benzene rings is 2. The predicted molar refractivity (Wildman–Crippen MR) is 127 cm³/mol. The summed E-state index contributed by atoms with van der Waals surface area (Å²) in [6, 6.07) is 24.4. The van der Waals surface area contributed by atoms with Gasteiger partial charge in [-0.05, 0) is 59.4 Å². The molecule has 0 saturated carbocycles. The molecule has 0 saturated heterocycles. The van der Waals surface area contributed by atoms with E-state index in [9.17, 15) is 4.79 Å². The minimum Gasteiger partial charge on any atom is -0.289 e. The quantitative estimate of drug-likeness (QED) is 0.405. The number of ketones is 1. The molecule has 1 aliphatic carbocycles. The molecule has 0 radical (unpaired) electrons. The minimum absolute atomic E-state index is 0. The molecule has 2 aromatic heterocycles. The Labute approximate surface area is 194 Å². The Balaban J connectivity index is 0.00000136. The molecule has 4 aromatic rings. The summed E-state index contributed by atoms with van der Waals surface area (Å²) in [6.07, 6.45) is 8.92. The molecule has 0 N–H and O–H groups in total. The van der Waals surface area contributed by atoms with Gasteiger partial charge in [-0.3, -0.25) is 14.8 Å². The molecule has 0 aliphatic heterocycles. The summed E-state index contributed by atoms with van der Waals surface area (Å²) in [5.41, 5.74) is 5.85. The molecule has 3 nitrogen and oxygen atoms in total. The van der Waals surface area contributed by atoms with Gasteiger partial charge in [0.2, 0.25) is 0 Å². The lowest BCUT2D eigenvalue weighted by Crippen LogP contribution is -2.39. The summed E-state index contributed by atoms with van der Waals surface area (Å²) >= 11 is 0. The van der Waals surface area contributed by atoms with Crippen LogP contribution in [0.5, 0.6) is 0 Å². The third-order valence-electron chi connectivity index (χ3n) is 5.89. The number of fused-ring (bicyclic) bond motifs is 2. The number of nitrogens with zero attached hydrogens (tertiary/aromatic N) is 2. The molecule has 2 aromatic carbocycles. The Bertz CT molecular complexity index is 1090. The molecule has 31 heavy (non-hydrogen) atoms. The van der Waals surface area contributed by atoms with Gasteiger partial charge in [-0.1, -0.05) is 48.5 Å². The molecule has 2 heterocycles. The lowest BCUT2D eigenvalue weighted by Gasteiger charge is -2.41. The van der Waals surface area contributed by atoms with Gasteiger partial charge in [-0.15, -0.1) is 24.8 Å². The van der Waals surface area contributed by atoms with Crippen molar-refractivity contribution in [1.29, 1.82) is 0 Å². The highest BCUT2D eigenvalue weighted by Crippen LogP contribution is 2.46. The number of carbonyl (C=O) groups is 1. The van der Waals surface area contributed by atoms with Gasteiger partial charge in [0.15, 0.2) is 5.78 Å². The maximum Gasteiger partial charge on any atom is 0.193 e. The average Bonchev–Trinajstić information content (AvgIpc) is 2.79. The molecular formula is C26H22Cl2N2O. The van der Waals surface area contributed by atoms with Crippen molar-refractivity contribution >= 4 is 30.6 Å². The number of hydrogen-bond donors (Lipinski definition) is 0. The fraction of sp³-hybridized carbons (Fsp3) is 0.115. The second-order valence-electron chi connectivity index (χ2n) is 7.57. The van der Waals surface area contributed by atoms with Crippen LogP contribution in [0.25, 0.3) is 0 Å². The van der Waals surface area contributed by atoms with Crippen LogP contribution in [0.1, 0.15) is 38.2 Å². The Morgan fingerprint density at radius 1 is 0.581 bits per heavy atom. The normalized spacial score (nSPS) is 13.2. The molecule has 0 fully saturated rings. The van der Waals surface area contributed by atoms with Gasteiger partial charge in [0.25, 0.3) is 0 Å². The summed E-state index contributed by atoms with van der Waals surface area (Å²) in [6.45, 7) is 0. The van der Waals surface area contributed by atoms with Crippen molar-refractivity contribution in [2.24, 2.45) is 0 Å². The molecule has 0 amide bonds. The van der Waals surface area contributed by atoms with E-state index in [0.29, 0.717) is 0 Å². The van der Waals surface area contributed by atoms with Crippen LogP contribution in [-0.2, 0) is 18.3 Å². The highest BCUT2D eigenvalue weighted by molar-refractivity contribution is 6.13. The van der Waals surface area contributed by atoms with Gasteiger partial charge in [0.05, 0.1) is 0 Å². The third kappa shape index (κ3) is 3.99. The number of halogens is 2. The van der Waals surface area contributed by atoms with E-state index in [4.69, 9.17) is 0 Å². The van der Waals surface area contributed by atoms with Crippen LogP contribution < -0.4 is 0 Å². The summed E-state index contributed by atoms with van der Waals surface area (Å²) in [5, 5.41) is 0. The standard InChI is InChI=1S/C26H20N2O.2ClH/c29-25-21-5-1-3-7-23(21)26(17-19-9-13-27-14-10-19,18-20-11-15-28-16-12-20)24-8-4-2-6-22(24)25;;/h1-16H,17-18H2;2*1H. The molecule has 0 spiro atoms. The van der Waals surface area contributed by atoms with Crippen LogP contribution in [0.4, 0.5) is 0 Å². The zero-order chi connectivity index (χ0) is 19.7. The summed E-state index contributed by atoms with van der Waals surface area (Å²) in [4.78, 5) is 21.6. The lowest BCUT2D eigenvalue weighted by molar-refractivity contribution is 0.102. The topological polar surface area (TPSA) is 42.9 Å². The van der Waals surface area contributed by atoms with Crippen LogP contribution in [0, 0.1) is 0 Å². The van der Waals surface area contributed by atoms with Crippen molar-refractivity contribution in [3.8, 4) is 0 Å². The monoisotopic (exact) mass is 448 g/mol. The van der Waals surface area contributed by atoms with E-state index >= 15 is 0 Å².